The molecular formula is C23H15ClN2O3. The van der Waals surface area contributed by atoms with Crippen molar-refractivity contribution in [2.75, 3.05) is 0 Å². The van der Waals surface area contributed by atoms with E-state index in [2.05, 4.69) is 10.2 Å². The number of fused-ring (bicyclic) bond motifs is 1. The lowest BCUT2D eigenvalue weighted by Crippen LogP contribution is -2.28. The minimum Gasteiger partial charge on any atom is -0.457 e. The van der Waals surface area contributed by atoms with Gasteiger partial charge in [-0.15, -0.1) is 0 Å². The van der Waals surface area contributed by atoms with Crippen LogP contribution >= 0.6 is 11.6 Å². The van der Waals surface area contributed by atoms with Gasteiger partial charge in [-0.2, -0.15) is 10.2 Å². The van der Waals surface area contributed by atoms with Gasteiger partial charge in [0, 0.05) is 10.6 Å². The molecule has 0 aliphatic carbocycles. The van der Waals surface area contributed by atoms with Gasteiger partial charge in [-0.3, -0.25) is 9.59 Å². The van der Waals surface area contributed by atoms with Gasteiger partial charge < -0.3 is 4.74 Å². The predicted octanol–water partition coefficient (Wildman–Crippen LogP) is 6.06. The molecule has 1 atom stereocenters. The number of ketones is 2. The Morgan fingerprint density at radius 2 is 1.76 bits per heavy atom. The summed E-state index contributed by atoms with van der Waals surface area (Å²) in [6, 6.07) is 20.2. The second-order valence-electron chi connectivity index (χ2n) is 6.37. The molecule has 29 heavy (non-hydrogen) atoms. The van der Waals surface area contributed by atoms with E-state index in [0.717, 1.165) is 11.3 Å². The van der Waals surface area contributed by atoms with Gasteiger partial charge in [-0.25, -0.2) is 0 Å². The topological polar surface area (TPSA) is 68.1 Å². The number of carbonyl (C=O) groups is 2. The second-order valence-corrected chi connectivity index (χ2v) is 6.80. The zero-order valence-electron chi connectivity index (χ0n) is 15.2. The van der Waals surface area contributed by atoms with Crippen LogP contribution in [0.3, 0.4) is 0 Å². The number of para-hydroxylation sites is 1. The van der Waals surface area contributed by atoms with Crippen LogP contribution in [0, 0.1) is 0 Å². The lowest BCUT2D eigenvalue weighted by atomic mass is 9.98. The third-order valence-electron chi connectivity index (χ3n) is 4.30. The summed E-state index contributed by atoms with van der Waals surface area (Å²) in [4.78, 5) is 25.1. The summed E-state index contributed by atoms with van der Waals surface area (Å²) in [5, 5.41) is 8.26. The maximum absolute atomic E-state index is 12.6. The molecule has 0 radical (unpaired) electrons. The van der Waals surface area contributed by atoms with Crippen molar-refractivity contribution in [1.29, 1.82) is 0 Å². The van der Waals surface area contributed by atoms with E-state index in [1.54, 1.807) is 24.3 Å². The van der Waals surface area contributed by atoms with E-state index >= 15 is 0 Å². The summed E-state index contributed by atoms with van der Waals surface area (Å²) >= 11 is 5.95. The van der Waals surface area contributed by atoms with Crippen LogP contribution in [0.15, 0.2) is 89.1 Å². The Labute approximate surface area is 172 Å². The highest BCUT2D eigenvalue weighted by Crippen LogP contribution is 2.30. The quantitative estimate of drug-likeness (QED) is 0.384. The fourth-order valence-electron chi connectivity index (χ4n) is 2.87. The van der Waals surface area contributed by atoms with Crippen LogP contribution in [-0.4, -0.2) is 17.6 Å². The third kappa shape index (κ3) is 4.31. The zero-order chi connectivity index (χ0) is 20.2. The van der Waals surface area contributed by atoms with E-state index in [4.69, 9.17) is 16.3 Å². The van der Waals surface area contributed by atoms with Crippen LogP contribution in [0.1, 0.15) is 15.9 Å². The van der Waals surface area contributed by atoms with Gasteiger partial charge >= 0.3 is 0 Å². The van der Waals surface area contributed by atoms with Crippen LogP contribution in [0.25, 0.3) is 6.08 Å². The van der Waals surface area contributed by atoms with E-state index in [9.17, 15) is 9.59 Å². The zero-order valence-corrected chi connectivity index (χ0v) is 15.9. The highest BCUT2D eigenvalue weighted by Gasteiger charge is 2.31. The first-order chi connectivity index (χ1) is 14.1. The van der Waals surface area contributed by atoms with Crippen molar-refractivity contribution in [2.45, 2.75) is 6.04 Å². The highest BCUT2D eigenvalue weighted by molar-refractivity contribution is 6.31. The van der Waals surface area contributed by atoms with Gasteiger partial charge in [-0.1, -0.05) is 48.0 Å². The number of hydrogen-bond donors (Lipinski definition) is 0. The van der Waals surface area contributed by atoms with Crippen LogP contribution in [0.4, 0.5) is 5.69 Å². The molecule has 1 heterocycles. The second kappa shape index (κ2) is 8.20. The molecular weight excluding hydrogens is 388 g/mol. The Morgan fingerprint density at radius 1 is 0.966 bits per heavy atom. The van der Waals surface area contributed by atoms with Crippen LogP contribution in [0.5, 0.6) is 11.5 Å². The van der Waals surface area contributed by atoms with Crippen molar-refractivity contribution in [1.82, 2.24) is 0 Å². The van der Waals surface area contributed by atoms with Gasteiger partial charge in [0.1, 0.15) is 11.5 Å². The Morgan fingerprint density at radius 3 is 2.59 bits per heavy atom. The van der Waals surface area contributed by atoms with Crippen molar-refractivity contribution in [3.05, 3.63) is 95.0 Å². The van der Waals surface area contributed by atoms with Gasteiger partial charge in [0.05, 0.1) is 5.69 Å². The van der Waals surface area contributed by atoms with Crippen molar-refractivity contribution in [2.24, 2.45) is 10.2 Å². The molecule has 3 aromatic rings. The minimum absolute atomic E-state index is 0.303. The van der Waals surface area contributed by atoms with Crippen molar-refractivity contribution in [3.8, 4) is 11.5 Å². The molecule has 0 saturated carbocycles. The molecule has 0 N–H and O–H groups in total. The van der Waals surface area contributed by atoms with Crippen molar-refractivity contribution in [3.63, 3.8) is 0 Å². The molecule has 0 aromatic heterocycles. The summed E-state index contributed by atoms with van der Waals surface area (Å²) in [6.45, 7) is 0. The lowest BCUT2D eigenvalue weighted by molar-refractivity contribution is -0.114. The van der Waals surface area contributed by atoms with E-state index in [-0.39, 0.29) is 0 Å². The molecule has 142 valence electrons. The summed E-state index contributed by atoms with van der Waals surface area (Å²) in [6.07, 6.45) is 2.95. The van der Waals surface area contributed by atoms with E-state index in [1.807, 2.05) is 48.5 Å². The number of Topliss-reactive ketones (excluding diaryl/α,β-unsaturated/α-hetero) is 1. The van der Waals surface area contributed by atoms with Crippen molar-refractivity contribution >= 4 is 34.9 Å². The normalized spacial score (nSPS) is 15.3. The Hall–Kier alpha value is -3.57. The predicted molar refractivity (Wildman–Crippen MR) is 111 cm³/mol. The number of halogens is 1. The number of hydrogen-bond acceptors (Lipinski definition) is 5. The Balaban J connectivity index is 1.49. The van der Waals surface area contributed by atoms with Gasteiger partial charge in [0.15, 0.2) is 17.6 Å². The number of ether oxygens (including phenoxy) is 1. The number of rotatable bonds is 5. The number of azo groups is 1. The molecule has 1 aliphatic rings. The summed E-state index contributed by atoms with van der Waals surface area (Å²) in [5.41, 5.74) is 1.48. The summed E-state index contributed by atoms with van der Waals surface area (Å²) < 4.78 is 5.79. The molecule has 0 saturated heterocycles. The summed E-state index contributed by atoms with van der Waals surface area (Å²) in [7, 11) is 0. The summed E-state index contributed by atoms with van der Waals surface area (Å²) in [5.74, 6) is 0.505. The van der Waals surface area contributed by atoms with Crippen LogP contribution in [0.2, 0.25) is 5.02 Å². The van der Waals surface area contributed by atoms with Gasteiger partial charge in [0.25, 0.3) is 0 Å². The van der Waals surface area contributed by atoms with Crippen LogP contribution in [-0.2, 0) is 4.79 Å². The Kier molecular flexibility index (Phi) is 5.31. The van der Waals surface area contributed by atoms with Gasteiger partial charge in [0.2, 0.25) is 0 Å². The first-order valence-corrected chi connectivity index (χ1v) is 9.27. The van der Waals surface area contributed by atoms with E-state index < -0.39 is 17.6 Å². The Bertz CT molecular complexity index is 1140. The smallest absolute Gasteiger partial charge is 0.199 e. The van der Waals surface area contributed by atoms with E-state index in [0.29, 0.717) is 22.0 Å². The fraction of sp³-hybridized carbons (Fsp3) is 0.0435. The third-order valence-corrected chi connectivity index (χ3v) is 4.53. The molecule has 0 bridgehead atoms. The highest BCUT2D eigenvalue weighted by atomic mass is 35.5. The molecule has 1 aliphatic heterocycles. The average molecular weight is 403 g/mol. The first kappa shape index (κ1) is 18.8. The number of nitrogens with zero attached hydrogens (tertiary/aromatic N) is 2. The first-order valence-electron chi connectivity index (χ1n) is 8.90. The molecule has 0 fully saturated rings. The standard InChI is InChI=1S/C23H15ClN2O3/c24-16-10-11-20-19(14-16)23(28)22(26-25-20)21(27)12-9-15-5-4-8-18(13-15)29-17-6-2-1-3-7-17/h1-14,22H/b12-9+. The van der Waals surface area contributed by atoms with Gasteiger partial charge in [-0.05, 0) is 54.1 Å². The number of carbonyl (C=O) groups excluding carboxylic acids is 2. The fourth-order valence-corrected chi connectivity index (χ4v) is 3.05. The molecule has 5 nitrogen and oxygen atoms in total. The lowest BCUT2D eigenvalue weighted by Gasteiger charge is -2.14. The largest absolute Gasteiger partial charge is 0.457 e. The molecule has 1 unspecified atom stereocenters. The molecule has 6 heteroatoms. The minimum atomic E-state index is -1.19. The average Bonchev–Trinajstić information content (AvgIpc) is 2.74. The molecule has 0 amide bonds. The van der Waals surface area contributed by atoms with Crippen LogP contribution < -0.4 is 4.74 Å². The SMILES string of the molecule is O=C(/C=C/c1cccc(Oc2ccccc2)c1)C1N=Nc2ccc(Cl)cc2C1=O. The molecule has 3 aromatic carbocycles. The molecule has 4 rings (SSSR count). The number of benzene rings is 3. The maximum Gasteiger partial charge on any atom is 0.199 e. The maximum atomic E-state index is 12.6. The van der Waals surface area contributed by atoms with E-state index in [1.165, 1.54) is 12.1 Å². The molecule has 0 spiro atoms. The monoisotopic (exact) mass is 402 g/mol. The van der Waals surface area contributed by atoms with Crippen molar-refractivity contribution < 1.29 is 14.3 Å².